The van der Waals surface area contributed by atoms with Crippen molar-refractivity contribution in [3.63, 3.8) is 0 Å². The van der Waals surface area contributed by atoms with Gasteiger partial charge in [-0.3, -0.25) is 9.36 Å². The molecule has 3 nitrogen and oxygen atoms in total. The first kappa shape index (κ1) is 16.5. The van der Waals surface area contributed by atoms with Crippen molar-refractivity contribution in [3.05, 3.63) is 40.0 Å². The summed E-state index contributed by atoms with van der Waals surface area (Å²) in [4.78, 5) is 15.0. The van der Waals surface area contributed by atoms with Crippen LogP contribution < -0.4 is 4.87 Å². The average Bonchev–Trinajstić information content (AvgIpc) is 2.88. The SMILES string of the molecule is C=C(CCC)c1ccc2c(c1)sc(=O)n2CCN1CCCCC1. The summed E-state index contributed by atoms with van der Waals surface area (Å²) in [5, 5.41) is 0. The van der Waals surface area contributed by atoms with E-state index >= 15 is 0 Å². The van der Waals surface area contributed by atoms with Gasteiger partial charge >= 0.3 is 4.87 Å². The maximum atomic E-state index is 12.4. The number of aromatic nitrogens is 1. The molecule has 0 unspecified atom stereocenters. The van der Waals surface area contributed by atoms with Crippen LogP contribution in [0.2, 0.25) is 0 Å². The van der Waals surface area contributed by atoms with Gasteiger partial charge in [0.05, 0.1) is 10.2 Å². The summed E-state index contributed by atoms with van der Waals surface area (Å²) in [7, 11) is 0. The van der Waals surface area contributed by atoms with Gasteiger partial charge in [0.15, 0.2) is 0 Å². The van der Waals surface area contributed by atoms with Gasteiger partial charge in [-0.05, 0) is 55.6 Å². The molecule has 124 valence electrons. The number of likely N-dealkylation sites (tertiary alicyclic amines) is 1. The molecule has 1 aliphatic rings. The number of rotatable bonds is 6. The Morgan fingerprint density at radius 3 is 2.74 bits per heavy atom. The lowest BCUT2D eigenvalue weighted by atomic mass is 10.0. The summed E-state index contributed by atoms with van der Waals surface area (Å²) in [6.07, 6.45) is 6.05. The van der Waals surface area contributed by atoms with Crippen LogP contribution >= 0.6 is 11.3 Å². The number of benzene rings is 1. The first-order chi connectivity index (χ1) is 11.2. The molecule has 2 aromatic rings. The van der Waals surface area contributed by atoms with Crippen LogP contribution in [0.25, 0.3) is 15.8 Å². The molecule has 1 saturated heterocycles. The maximum Gasteiger partial charge on any atom is 0.308 e. The molecule has 3 rings (SSSR count). The molecule has 0 aliphatic carbocycles. The highest BCUT2D eigenvalue weighted by Crippen LogP contribution is 2.25. The van der Waals surface area contributed by atoms with Gasteiger partial charge < -0.3 is 4.90 Å². The van der Waals surface area contributed by atoms with E-state index in [1.54, 1.807) is 0 Å². The normalized spacial score (nSPS) is 16.0. The number of fused-ring (bicyclic) bond motifs is 1. The monoisotopic (exact) mass is 330 g/mol. The van der Waals surface area contributed by atoms with Crippen molar-refractivity contribution in [3.8, 4) is 0 Å². The minimum absolute atomic E-state index is 0.162. The molecule has 0 amide bonds. The lowest BCUT2D eigenvalue weighted by Crippen LogP contribution is -2.33. The summed E-state index contributed by atoms with van der Waals surface area (Å²) in [5.41, 5.74) is 3.41. The summed E-state index contributed by atoms with van der Waals surface area (Å²) in [5.74, 6) is 0. The molecular formula is C19H26N2OS. The van der Waals surface area contributed by atoms with E-state index in [1.165, 1.54) is 49.3 Å². The average molecular weight is 330 g/mol. The smallest absolute Gasteiger partial charge is 0.302 e. The van der Waals surface area contributed by atoms with Gasteiger partial charge in [0.1, 0.15) is 0 Å². The van der Waals surface area contributed by atoms with Crippen molar-refractivity contribution in [2.75, 3.05) is 19.6 Å². The van der Waals surface area contributed by atoms with Crippen LogP contribution in [-0.4, -0.2) is 29.1 Å². The summed E-state index contributed by atoms with van der Waals surface area (Å²) >= 11 is 1.36. The number of thiazole rings is 1. The third kappa shape index (κ3) is 3.75. The minimum Gasteiger partial charge on any atom is -0.302 e. The van der Waals surface area contributed by atoms with Gasteiger partial charge in [-0.15, -0.1) is 0 Å². The Kier molecular flexibility index (Phi) is 5.34. The van der Waals surface area contributed by atoms with E-state index in [0.29, 0.717) is 0 Å². The van der Waals surface area contributed by atoms with Crippen LogP contribution in [0.3, 0.4) is 0 Å². The van der Waals surface area contributed by atoms with Crippen LogP contribution in [0.1, 0.15) is 44.6 Å². The molecule has 1 aliphatic heterocycles. The third-order valence-electron chi connectivity index (χ3n) is 4.72. The van der Waals surface area contributed by atoms with Crippen LogP contribution in [0, 0.1) is 0 Å². The van der Waals surface area contributed by atoms with Crippen LogP contribution in [-0.2, 0) is 6.54 Å². The predicted molar refractivity (Wildman–Crippen MR) is 100 cm³/mol. The number of hydrogen-bond acceptors (Lipinski definition) is 3. The molecule has 2 heterocycles. The van der Waals surface area contributed by atoms with Gasteiger partial charge in [0, 0.05) is 13.1 Å². The highest BCUT2D eigenvalue weighted by atomic mass is 32.1. The fourth-order valence-corrected chi connectivity index (χ4v) is 4.33. The van der Waals surface area contributed by atoms with Crippen LogP contribution in [0.5, 0.6) is 0 Å². The zero-order valence-corrected chi connectivity index (χ0v) is 14.8. The standard InChI is InChI=1S/C19H26N2OS/c1-3-7-15(2)16-8-9-17-18(14-16)23-19(22)21(17)13-12-20-10-5-4-6-11-20/h8-9,14H,2-7,10-13H2,1H3. The molecular weight excluding hydrogens is 304 g/mol. The van der Waals surface area contributed by atoms with Gasteiger partial charge in [0.2, 0.25) is 0 Å². The zero-order chi connectivity index (χ0) is 16.2. The molecule has 23 heavy (non-hydrogen) atoms. The van der Waals surface area contributed by atoms with E-state index in [-0.39, 0.29) is 4.87 Å². The molecule has 4 heteroatoms. The Labute approximate surface area is 142 Å². The molecule has 0 saturated carbocycles. The Balaban J connectivity index is 1.79. The number of nitrogens with zero attached hydrogens (tertiary/aromatic N) is 2. The Morgan fingerprint density at radius 1 is 1.22 bits per heavy atom. The second kappa shape index (κ2) is 7.45. The van der Waals surface area contributed by atoms with Gasteiger partial charge in [-0.2, -0.15) is 0 Å². The highest BCUT2D eigenvalue weighted by molar-refractivity contribution is 7.16. The van der Waals surface area contributed by atoms with E-state index < -0.39 is 0 Å². The van der Waals surface area contributed by atoms with E-state index in [1.807, 2.05) is 4.57 Å². The Hall–Kier alpha value is -1.39. The lowest BCUT2D eigenvalue weighted by molar-refractivity contribution is 0.221. The fourth-order valence-electron chi connectivity index (χ4n) is 3.37. The Bertz CT molecular complexity index is 737. The fraction of sp³-hybridized carbons (Fsp3) is 0.526. The van der Waals surface area contributed by atoms with E-state index in [9.17, 15) is 4.79 Å². The molecule has 0 atom stereocenters. The Morgan fingerprint density at radius 2 is 2.00 bits per heavy atom. The number of allylic oxidation sites excluding steroid dienone is 1. The maximum absolute atomic E-state index is 12.4. The molecule has 1 fully saturated rings. The predicted octanol–water partition coefficient (Wildman–Crippen LogP) is 4.36. The van der Waals surface area contributed by atoms with E-state index in [2.05, 4.69) is 36.6 Å². The van der Waals surface area contributed by atoms with Crippen LogP contribution in [0.15, 0.2) is 29.6 Å². The van der Waals surface area contributed by atoms with Crippen molar-refractivity contribution in [2.45, 2.75) is 45.6 Å². The second-order valence-electron chi connectivity index (χ2n) is 6.46. The molecule has 0 spiro atoms. The van der Waals surface area contributed by atoms with Gasteiger partial charge in [-0.1, -0.05) is 43.7 Å². The summed E-state index contributed by atoms with van der Waals surface area (Å²) < 4.78 is 3.03. The van der Waals surface area contributed by atoms with Gasteiger partial charge in [-0.25, -0.2) is 0 Å². The first-order valence-corrected chi connectivity index (χ1v) is 9.54. The number of hydrogen-bond donors (Lipinski definition) is 0. The van der Waals surface area contributed by atoms with Crippen molar-refractivity contribution in [1.29, 1.82) is 0 Å². The van der Waals surface area contributed by atoms with Crippen molar-refractivity contribution < 1.29 is 0 Å². The molecule has 1 aromatic carbocycles. The number of piperidine rings is 1. The van der Waals surface area contributed by atoms with Crippen molar-refractivity contribution >= 4 is 27.1 Å². The van der Waals surface area contributed by atoms with Crippen LogP contribution in [0.4, 0.5) is 0 Å². The third-order valence-corrected chi connectivity index (χ3v) is 5.66. The van der Waals surface area contributed by atoms with E-state index in [0.717, 1.165) is 41.7 Å². The molecule has 1 aromatic heterocycles. The van der Waals surface area contributed by atoms with Gasteiger partial charge in [0.25, 0.3) is 0 Å². The minimum atomic E-state index is 0.162. The highest BCUT2D eigenvalue weighted by Gasteiger charge is 2.13. The zero-order valence-electron chi connectivity index (χ0n) is 14.0. The summed E-state index contributed by atoms with van der Waals surface area (Å²) in [6, 6.07) is 6.35. The van der Waals surface area contributed by atoms with Crippen molar-refractivity contribution in [2.24, 2.45) is 0 Å². The molecule has 0 bridgehead atoms. The molecule has 0 N–H and O–H groups in total. The topological polar surface area (TPSA) is 25.2 Å². The van der Waals surface area contributed by atoms with E-state index in [4.69, 9.17) is 0 Å². The summed E-state index contributed by atoms with van der Waals surface area (Å²) in [6.45, 7) is 10.5. The quantitative estimate of drug-likeness (QED) is 0.786. The van der Waals surface area contributed by atoms with Crippen molar-refractivity contribution in [1.82, 2.24) is 9.47 Å². The molecule has 0 radical (unpaired) electrons. The lowest BCUT2D eigenvalue weighted by Gasteiger charge is -2.26. The first-order valence-electron chi connectivity index (χ1n) is 8.73. The second-order valence-corrected chi connectivity index (χ2v) is 7.45. The largest absolute Gasteiger partial charge is 0.308 e.